The van der Waals surface area contributed by atoms with Crippen molar-refractivity contribution in [2.75, 3.05) is 5.32 Å². The van der Waals surface area contributed by atoms with Crippen LogP contribution in [0.25, 0.3) is 11.5 Å². The quantitative estimate of drug-likeness (QED) is 0.746. The molecule has 25 heavy (non-hydrogen) atoms. The minimum absolute atomic E-state index is 0.224. The van der Waals surface area contributed by atoms with E-state index in [0.29, 0.717) is 17.4 Å². The van der Waals surface area contributed by atoms with E-state index in [1.54, 1.807) is 49.4 Å². The van der Waals surface area contributed by atoms with Gasteiger partial charge in [-0.25, -0.2) is 4.79 Å². The summed E-state index contributed by atoms with van der Waals surface area (Å²) >= 11 is 5.93. The van der Waals surface area contributed by atoms with Gasteiger partial charge in [-0.15, -0.1) is 0 Å². The van der Waals surface area contributed by atoms with Gasteiger partial charge in [0.05, 0.1) is 10.6 Å². The van der Waals surface area contributed by atoms with E-state index in [1.165, 1.54) is 6.07 Å². The van der Waals surface area contributed by atoms with Crippen LogP contribution in [0.5, 0.6) is 0 Å². The molecule has 0 fully saturated rings. The summed E-state index contributed by atoms with van der Waals surface area (Å²) < 4.78 is 5.07. The van der Waals surface area contributed by atoms with Crippen molar-refractivity contribution in [3.05, 3.63) is 64.9 Å². The van der Waals surface area contributed by atoms with Crippen LogP contribution in [0.4, 0.5) is 10.5 Å². The first-order chi connectivity index (χ1) is 12.0. The zero-order valence-electron chi connectivity index (χ0n) is 13.1. The van der Waals surface area contributed by atoms with E-state index in [2.05, 4.69) is 20.8 Å². The second kappa shape index (κ2) is 7.14. The molecule has 0 radical (unpaired) electrons. The highest BCUT2D eigenvalue weighted by Gasteiger charge is 2.13. The average Bonchev–Trinajstić information content (AvgIpc) is 3.02. The average molecular weight is 357 g/mol. The number of aryl methyl sites for hydroxylation is 1. The van der Waals surface area contributed by atoms with Gasteiger partial charge >= 0.3 is 6.03 Å². The maximum atomic E-state index is 12.0. The van der Waals surface area contributed by atoms with Crippen LogP contribution in [0, 0.1) is 6.92 Å². The van der Waals surface area contributed by atoms with E-state index in [4.69, 9.17) is 16.1 Å². The lowest BCUT2D eigenvalue weighted by Crippen LogP contribution is -2.34. The normalized spacial score (nSPS) is 10.3. The molecule has 7 nitrogen and oxygen atoms in total. The van der Waals surface area contributed by atoms with Crippen molar-refractivity contribution >= 4 is 29.2 Å². The highest BCUT2D eigenvalue weighted by molar-refractivity contribution is 6.34. The maximum Gasteiger partial charge on any atom is 0.326 e. The molecule has 3 aromatic rings. The number of anilines is 1. The Morgan fingerprint density at radius 1 is 1.08 bits per heavy atom. The Morgan fingerprint density at radius 2 is 1.80 bits per heavy atom. The van der Waals surface area contributed by atoms with Crippen molar-refractivity contribution in [3.8, 4) is 11.5 Å². The number of hydrogen-bond acceptors (Lipinski definition) is 5. The van der Waals surface area contributed by atoms with Crippen LogP contribution in [0.15, 0.2) is 53.1 Å². The number of nitrogens with zero attached hydrogens (tertiary/aromatic N) is 2. The fourth-order valence-electron chi connectivity index (χ4n) is 2.09. The molecule has 0 saturated heterocycles. The zero-order chi connectivity index (χ0) is 17.8. The minimum Gasteiger partial charge on any atom is -0.334 e. The molecule has 0 aliphatic carbocycles. The number of urea groups is 1. The number of aromatic nitrogens is 2. The van der Waals surface area contributed by atoms with Crippen LogP contribution < -0.4 is 10.6 Å². The van der Waals surface area contributed by atoms with Crippen LogP contribution in [0.3, 0.4) is 0 Å². The molecule has 0 atom stereocenters. The highest BCUT2D eigenvalue weighted by atomic mass is 35.5. The molecule has 1 aromatic heterocycles. The molecule has 0 spiro atoms. The lowest BCUT2D eigenvalue weighted by atomic mass is 10.2. The predicted octanol–water partition coefficient (Wildman–Crippen LogP) is 3.66. The largest absolute Gasteiger partial charge is 0.334 e. The van der Waals surface area contributed by atoms with E-state index in [1.807, 2.05) is 0 Å². The van der Waals surface area contributed by atoms with Gasteiger partial charge < -0.3 is 9.84 Å². The number of hydrogen-bond donors (Lipinski definition) is 2. The molecular weight excluding hydrogens is 344 g/mol. The van der Waals surface area contributed by atoms with Crippen molar-refractivity contribution in [1.82, 2.24) is 15.5 Å². The SMILES string of the molecule is Cc1noc(-c2ccc(NC(=O)NC(=O)c3ccccc3Cl)cc2)n1. The molecule has 2 N–H and O–H groups in total. The van der Waals surface area contributed by atoms with Crippen LogP contribution in [0.2, 0.25) is 5.02 Å². The molecule has 3 rings (SSSR count). The van der Waals surface area contributed by atoms with Gasteiger partial charge in [-0.05, 0) is 43.3 Å². The number of halogens is 1. The summed E-state index contributed by atoms with van der Waals surface area (Å²) in [6.45, 7) is 1.73. The number of amides is 3. The number of carbonyl (C=O) groups is 2. The second-order valence-corrected chi connectivity index (χ2v) is 5.52. The van der Waals surface area contributed by atoms with E-state index in [9.17, 15) is 9.59 Å². The van der Waals surface area contributed by atoms with E-state index < -0.39 is 11.9 Å². The maximum absolute atomic E-state index is 12.0. The Kier molecular flexibility index (Phi) is 4.76. The molecule has 8 heteroatoms. The Labute approximate surface area is 148 Å². The summed E-state index contributed by atoms with van der Waals surface area (Å²) in [6, 6.07) is 12.6. The molecule has 0 saturated carbocycles. The Hall–Kier alpha value is -3.19. The van der Waals surface area contributed by atoms with Crippen LogP contribution >= 0.6 is 11.6 Å². The van der Waals surface area contributed by atoms with Gasteiger partial charge in [0.15, 0.2) is 5.82 Å². The van der Waals surface area contributed by atoms with Gasteiger partial charge in [0.25, 0.3) is 11.8 Å². The van der Waals surface area contributed by atoms with Gasteiger partial charge in [0.1, 0.15) is 0 Å². The lowest BCUT2D eigenvalue weighted by Gasteiger charge is -2.08. The third kappa shape index (κ3) is 4.02. The molecular formula is C17H13ClN4O3. The summed E-state index contributed by atoms with van der Waals surface area (Å²) in [5, 5.41) is 8.77. The van der Waals surface area contributed by atoms with Crippen LogP contribution in [-0.2, 0) is 0 Å². The van der Waals surface area contributed by atoms with E-state index in [-0.39, 0.29) is 10.6 Å². The van der Waals surface area contributed by atoms with Crippen LogP contribution in [0.1, 0.15) is 16.2 Å². The number of benzene rings is 2. The summed E-state index contributed by atoms with van der Waals surface area (Å²) in [4.78, 5) is 28.1. The third-order valence-corrected chi connectivity index (χ3v) is 3.59. The molecule has 0 bridgehead atoms. The summed E-state index contributed by atoms with van der Waals surface area (Å²) in [6.07, 6.45) is 0. The first kappa shape index (κ1) is 16.7. The van der Waals surface area contributed by atoms with Gasteiger partial charge in [-0.2, -0.15) is 4.98 Å². The number of carbonyl (C=O) groups excluding carboxylic acids is 2. The molecule has 0 aliphatic rings. The van der Waals surface area contributed by atoms with Gasteiger partial charge in [0, 0.05) is 11.3 Å². The van der Waals surface area contributed by atoms with Gasteiger partial charge in [-0.1, -0.05) is 28.9 Å². The molecule has 3 amide bonds. The smallest absolute Gasteiger partial charge is 0.326 e. The summed E-state index contributed by atoms with van der Waals surface area (Å²) in [5.74, 6) is 0.345. The van der Waals surface area contributed by atoms with Crippen molar-refractivity contribution < 1.29 is 14.1 Å². The zero-order valence-corrected chi connectivity index (χ0v) is 13.9. The second-order valence-electron chi connectivity index (χ2n) is 5.11. The Bertz CT molecular complexity index is 922. The van der Waals surface area contributed by atoms with Crippen molar-refractivity contribution in [2.24, 2.45) is 0 Å². The number of imide groups is 1. The molecule has 126 valence electrons. The highest BCUT2D eigenvalue weighted by Crippen LogP contribution is 2.19. The predicted molar refractivity (Wildman–Crippen MR) is 92.4 cm³/mol. The monoisotopic (exact) mass is 356 g/mol. The van der Waals surface area contributed by atoms with E-state index >= 15 is 0 Å². The van der Waals surface area contributed by atoms with E-state index in [0.717, 1.165) is 5.56 Å². The van der Waals surface area contributed by atoms with Gasteiger partial charge in [-0.3, -0.25) is 10.1 Å². The fourth-order valence-corrected chi connectivity index (χ4v) is 2.31. The summed E-state index contributed by atoms with van der Waals surface area (Å²) in [7, 11) is 0. The minimum atomic E-state index is -0.661. The first-order valence-corrected chi connectivity index (χ1v) is 7.68. The third-order valence-electron chi connectivity index (χ3n) is 3.26. The Balaban J connectivity index is 1.63. The van der Waals surface area contributed by atoms with Crippen molar-refractivity contribution in [3.63, 3.8) is 0 Å². The standard InChI is InChI=1S/C17H13ClN4O3/c1-10-19-16(25-22-10)11-6-8-12(9-7-11)20-17(24)21-15(23)13-4-2-3-5-14(13)18/h2-9H,1H3,(H2,20,21,23,24). The Morgan fingerprint density at radius 3 is 2.44 bits per heavy atom. The number of nitrogens with one attached hydrogen (secondary N) is 2. The molecule has 1 heterocycles. The van der Waals surface area contributed by atoms with Crippen LogP contribution in [-0.4, -0.2) is 22.1 Å². The summed E-state index contributed by atoms with van der Waals surface area (Å²) in [5.41, 5.74) is 1.45. The van der Waals surface area contributed by atoms with Crippen molar-refractivity contribution in [1.29, 1.82) is 0 Å². The lowest BCUT2D eigenvalue weighted by molar-refractivity contribution is 0.0967. The number of rotatable bonds is 3. The topological polar surface area (TPSA) is 97.1 Å². The first-order valence-electron chi connectivity index (χ1n) is 7.30. The molecule has 2 aromatic carbocycles. The van der Waals surface area contributed by atoms with Gasteiger partial charge in [0.2, 0.25) is 0 Å². The molecule has 0 aliphatic heterocycles. The fraction of sp³-hybridized carbons (Fsp3) is 0.0588. The molecule has 0 unspecified atom stereocenters. The van der Waals surface area contributed by atoms with Crippen molar-refractivity contribution in [2.45, 2.75) is 6.92 Å².